The van der Waals surface area contributed by atoms with Crippen LogP contribution >= 0.6 is 23.5 Å². The summed E-state index contributed by atoms with van der Waals surface area (Å²) in [6, 6.07) is 44.4. The molecule has 2 aliphatic heterocycles. The monoisotopic (exact) mass is 713 g/mol. The first-order valence-corrected chi connectivity index (χ1v) is 20.3. The number of para-hydroxylation sites is 2. The van der Waals surface area contributed by atoms with Crippen molar-refractivity contribution in [2.75, 3.05) is 12.5 Å². The second-order valence-corrected chi connectivity index (χ2v) is 16.0. The first-order chi connectivity index (χ1) is 26.1. The molecule has 0 unspecified atom stereocenters. The van der Waals surface area contributed by atoms with E-state index in [-0.39, 0.29) is 6.85 Å². The van der Waals surface area contributed by atoms with Crippen LogP contribution in [0.2, 0.25) is 0 Å². The molecule has 53 heavy (non-hydrogen) atoms. The predicted octanol–water partition coefficient (Wildman–Crippen LogP) is 11.0. The summed E-state index contributed by atoms with van der Waals surface area (Å²) in [7, 11) is 0. The van der Waals surface area contributed by atoms with Crippen LogP contribution in [0, 0.1) is 18.3 Å². The van der Waals surface area contributed by atoms with Gasteiger partial charge in [0, 0.05) is 59.0 Å². The van der Waals surface area contributed by atoms with Crippen LogP contribution in [0.1, 0.15) is 11.1 Å². The van der Waals surface area contributed by atoms with Gasteiger partial charge in [-0.1, -0.05) is 48.5 Å². The summed E-state index contributed by atoms with van der Waals surface area (Å²) in [6.07, 6.45) is 4.34. The summed E-state index contributed by atoms with van der Waals surface area (Å²) in [5.41, 5.74) is 17.4. The Morgan fingerprint density at radius 3 is 2.26 bits per heavy atom. The molecule has 0 fully saturated rings. The molecular weight excluding hydrogens is 685 g/mol. The Hall–Kier alpha value is -5.81. The van der Waals surface area contributed by atoms with E-state index in [1.54, 1.807) is 11.8 Å². The molecule has 0 saturated heterocycles. The van der Waals surface area contributed by atoms with Gasteiger partial charge in [-0.05, 0) is 119 Å². The van der Waals surface area contributed by atoms with Crippen LogP contribution in [-0.4, -0.2) is 28.4 Å². The van der Waals surface area contributed by atoms with Crippen molar-refractivity contribution in [1.82, 2.24) is 9.05 Å². The van der Waals surface area contributed by atoms with Crippen LogP contribution in [-0.2, 0) is 0 Å². The van der Waals surface area contributed by atoms with Gasteiger partial charge in [0.1, 0.15) is 11.2 Å². The summed E-state index contributed by atoms with van der Waals surface area (Å²) >= 11 is 3.60. The smallest absolute Gasteiger partial charge is 0.333 e. The average molecular weight is 714 g/mol. The number of furan rings is 1. The van der Waals surface area contributed by atoms with Crippen LogP contribution in [0.25, 0.3) is 93.5 Å². The van der Waals surface area contributed by atoms with Crippen molar-refractivity contribution in [3.8, 4) is 34.0 Å². The van der Waals surface area contributed by atoms with Gasteiger partial charge in [0.25, 0.3) is 0 Å². The highest BCUT2D eigenvalue weighted by Gasteiger charge is 2.43. The Labute approximate surface area is 313 Å². The lowest BCUT2D eigenvalue weighted by atomic mass is 9.45. The number of nitrogens with zero attached hydrogens (tertiary/aromatic N) is 3. The molecule has 0 bridgehead atoms. The Balaban J connectivity index is 1.35. The minimum atomic E-state index is -0.0584. The number of nitriles is 1. The summed E-state index contributed by atoms with van der Waals surface area (Å²) in [6.45, 7) is 2.24. The van der Waals surface area contributed by atoms with E-state index in [1.165, 1.54) is 92.3 Å². The molecule has 5 heterocycles. The van der Waals surface area contributed by atoms with Crippen molar-refractivity contribution in [2.45, 2.75) is 16.7 Å². The summed E-state index contributed by atoms with van der Waals surface area (Å²) in [5, 5.41) is 16.9. The van der Waals surface area contributed by atoms with Gasteiger partial charge in [0.15, 0.2) is 0 Å². The standard InChI is InChI=1S/C46H28BN3OS2/c1-24-31(26-14-12-25(23-48)13-15-26)22-39-43-41(24)35-21-34-29-8-5-7-11-40(29)51-46(34)42-30-9-4-6-10-38(30)50(45(35)42)47(43)36-20-28(53-3)19-33-32-18-27(52-2)16-17-37(32)49(39)44(33)36/h4-22H,1-3H3. The van der Waals surface area contributed by atoms with Crippen LogP contribution in [0.5, 0.6) is 0 Å². The third-order valence-corrected chi connectivity index (χ3v) is 13.3. The maximum atomic E-state index is 9.68. The third-order valence-electron chi connectivity index (χ3n) is 11.9. The molecule has 0 N–H and O–H groups in total. The average Bonchev–Trinajstić information content (AvgIpc) is 3.86. The second kappa shape index (κ2) is 10.4. The van der Waals surface area contributed by atoms with Gasteiger partial charge in [-0.2, -0.15) is 5.26 Å². The topological polar surface area (TPSA) is 46.8 Å². The summed E-state index contributed by atoms with van der Waals surface area (Å²) in [5.74, 6) is 0. The lowest BCUT2D eigenvalue weighted by molar-refractivity contribution is 0.673. The quantitative estimate of drug-likeness (QED) is 0.135. The number of rotatable bonds is 3. The SMILES string of the molecule is CSc1ccc2c(c1)c1cc(SC)cc3c1n2-c1cc(-c2ccc(C#N)cc2)c(C)c2c1B3n1c3ccccc3c3c4oc5ccccc5c4cc-2c31. The van der Waals surface area contributed by atoms with Gasteiger partial charge >= 0.3 is 6.85 Å². The van der Waals surface area contributed by atoms with Crippen LogP contribution in [0.15, 0.2) is 129 Å². The van der Waals surface area contributed by atoms with Crippen molar-refractivity contribution >= 4 is 107 Å². The van der Waals surface area contributed by atoms with E-state index in [0.717, 1.165) is 27.5 Å². The van der Waals surface area contributed by atoms with E-state index in [4.69, 9.17) is 4.42 Å². The van der Waals surface area contributed by atoms with Crippen molar-refractivity contribution in [1.29, 1.82) is 5.26 Å². The van der Waals surface area contributed by atoms with E-state index in [0.29, 0.717) is 5.56 Å². The Morgan fingerprint density at radius 1 is 0.679 bits per heavy atom. The van der Waals surface area contributed by atoms with Gasteiger partial charge in [-0.3, -0.25) is 0 Å². The molecule has 0 radical (unpaired) electrons. The molecule has 2 aliphatic rings. The molecule has 7 aromatic carbocycles. The molecule has 3 aromatic heterocycles. The largest absolute Gasteiger partial charge is 0.455 e. The van der Waals surface area contributed by atoms with Gasteiger partial charge in [0.05, 0.1) is 28.1 Å². The lowest BCUT2D eigenvalue weighted by Crippen LogP contribution is -2.55. The zero-order valence-corrected chi connectivity index (χ0v) is 30.7. The first-order valence-electron chi connectivity index (χ1n) is 17.8. The molecular formula is C46H28BN3OS2. The zero-order valence-electron chi connectivity index (χ0n) is 29.1. The van der Waals surface area contributed by atoms with Crippen LogP contribution < -0.4 is 10.9 Å². The number of hydrogen-bond donors (Lipinski definition) is 0. The minimum absolute atomic E-state index is 0.0584. The summed E-state index contributed by atoms with van der Waals surface area (Å²) < 4.78 is 12.0. The molecule has 12 rings (SSSR count). The Morgan fingerprint density at radius 2 is 1.45 bits per heavy atom. The van der Waals surface area contributed by atoms with Crippen molar-refractivity contribution in [3.63, 3.8) is 0 Å². The van der Waals surface area contributed by atoms with E-state index in [1.807, 2.05) is 23.9 Å². The van der Waals surface area contributed by atoms with Crippen molar-refractivity contribution in [3.05, 3.63) is 126 Å². The maximum absolute atomic E-state index is 9.68. The Kier molecular flexibility index (Phi) is 5.84. The molecule has 0 atom stereocenters. The van der Waals surface area contributed by atoms with Gasteiger partial charge < -0.3 is 13.5 Å². The highest BCUT2D eigenvalue weighted by atomic mass is 32.2. The number of aromatic nitrogens is 2. The molecule has 7 heteroatoms. The fourth-order valence-electron chi connectivity index (χ4n) is 9.70. The maximum Gasteiger partial charge on any atom is 0.333 e. The predicted molar refractivity (Wildman–Crippen MR) is 225 cm³/mol. The highest BCUT2D eigenvalue weighted by molar-refractivity contribution is 7.98. The molecule has 0 saturated carbocycles. The molecule has 0 aliphatic carbocycles. The normalized spacial score (nSPS) is 12.9. The first kappa shape index (κ1) is 29.7. The Bertz CT molecular complexity index is 3340. The minimum Gasteiger partial charge on any atom is -0.455 e. The number of benzene rings is 7. The van der Waals surface area contributed by atoms with Crippen molar-refractivity contribution in [2.24, 2.45) is 0 Å². The fourth-order valence-corrected chi connectivity index (χ4v) is 10.6. The second-order valence-electron chi connectivity index (χ2n) is 14.3. The number of fused-ring (bicyclic) bond motifs is 14. The molecule has 0 amide bonds. The number of thioether (sulfide) groups is 2. The van der Waals surface area contributed by atoms with Crippen LogP contribution in [0.3, 0.4) is 0 Å². The third kappa shape index (κ3) is 3.65. The van der Waals surface area contributed by atoms with Gasteiger partial charge in [-0.15, -0.1) is 23.5 Å². The molecule has 10 aromatic rings. The number of hydrogen-bond acceptors (Lipinski definition) is 4. The summed E-state index contributed by atoms with van der Waals surface area (Å²) in [4.78, 5) is 2.53. The zero-order chi connectivity index (χ0) is 35.3. The van der Waals surface area contributed by atoms with Gasteiger partial charge in [-0.25, -0.2) is 0 Å². The van der Waals surface area contributed by atoms with E-state index >= 15 is 0 Å². The molecule has 4 nitrogen and oxygen atoms in total. The van der Waals surface area contributed by atoms with E-state index < -0.39 is 0 Å². The van der Waals surface area contributed by atoms with Crippen LogP contribution in [0.4, 0.5) is 0 Å². The molecule has 0 spiro atoms. The van der Waals surface area contributed by atoms with Gasteiger partial charge in [0.2, 0.25) is 0 Å². The van der Waals surface area contributed by atoms with E-state index in [9.17, 15) is 5.26 Å². The van der Waals surface area contributed by atoms with E-state index in [2.05, 4.69) is 138 Å². The highest BCUT2D eigenvalue weighted by Crippen LogP contribution is 2.50. The molecule has 248 valence electrons. The van der Waals surface area contributed by atoms with Crippen molar-refractivity contribution < 1.29 is 4.42 Å². The lowest BCUT2D eigenvalue weighted by Gasteiger charge is -2.36. The fraction of sp³-hybridized carbons (Fsp3) is 0.0652.